The van der Waals surface area contributed by atoms with Crippen LogP contribution in [0.4, 0.5) is 31.4 Å². The highest BCUT2D eigenvalue weighted by Crippen LogP contribution is 2.25. The van der Waals surface area contributed by atoms with Gasteiger partial charge in [0.05, 0.1) is 18.0 Å². The molecule has 0 saturated heterocycles. The minimum absolute atomic E-state index is 0.0141. The van der Waals surface area contributed by atoms with E-state index in [9.17, 15) is 29.3 Å². The maximum absolute atomic E-state index is 12.4. The molecule has 4 aromatic rings. The number of ether oxygens (including phenoxy) is 4. The zero-order valence-corrected chi connectivity index (χ0v) is 29.3. The maximum atomic E-state index is 12.4. The van der Waals surface area contributed by atoms with E-state index in [1.165, 1.54) is 24.3 Å². The summed E-state index contributed by atoms with van der Waals surface area (Å²) in [6.07, 6.45) is 3.26. The highest BCUT2D eigenvalue weighted by atomic mass is 16.7. The molecule has 0 spiro atoms. The lowest BCUT2D eigenvalue weighted by Crippen LogP contribution is -2.29. The van der Waals surface area contributed by atoms with Gasteiger partial charge in [-0.1, -0.05) is 73.2 Å². The second-order valence-electron chi connectivity index (χ2n) is 12.3. The van der Waals surface area contributed by atoms with Gasteiger partial charge in [-0.25, -0.2) is 14.4 Å². The molecule has 0 bridgehead atoms. The van der Waals surface area contributed by atoms with Crippen molar-refractivity contribution in [2.45, 2.75) is 39.4 Å². The van der Waals surface area contributed by atoms with Gasteiger partial charge in [-0.05, 0) is 71.5 Å². The summed E-state index contributed by atoms with van der Waals surface area (Å²) in [7, 11) is 0. The zero-order valence-electron chi connectivity index (χ0n) is 29.3. The van der Waals surface area contributed by atoms with E-state index in [-0.39, 0.29) is 43.1 Å². The van der Waals surface area contributed by atoms with E-state index >= 15 is 0 Å². The van der Waals surface area contributed by atoms with Crippen LogP contribution in [0, 0.1) is 16.0 Å². The van der Waals surface area contributed by atoms with Gasteiger partial charge in [0.25, 0.3) is 5.69 Å². The van der Waals surface area contributed by atoms with Gasteiger partial charge in [-0.15, -0.1) is 0 Å². The van der Waals surface area contributed by atoms with Crippen LogP contribution in [0.2, 0.25) is 0 Å². The lowest BCUT2D eigenvalue weighted by Gasteiger charge is -2.22. The van der Waals surface area contributed by atoms with Gasteiger partial charge < -0.3 is 24.3 Å². The monoisotopic (exact) mass is 734 g/mol. The molecule has 0 heterocycles. The number of non-ortho nitro benzene ring substituents is 1. The number of allylic oxidation sites excluding steroid dienone is 3. The van der Waals surface area contributed by atoms with Crippen molar-refractivity contribution in [1.82, 2.24) is 5.32 Å². The summed E-state index contributed by atoms with van der Waals surface area (Å²) in [5.41, 5.74) is 5.10. The fourth-order valence-corrected chi connectivity index (χ4v) is 5.28. The Morgan fingerprint density at radius 2 is 1.30 bits per heavy atom. The molecule has 0 aliphatic heterocycles. The minimum Gasteiger partial charge on any atom is -0.449 e. The third kappa shape index (κ3) is 12.4. The number of nitro groups is 1. The Morgan fingerprint density at radius 1 is 0.704 bits per heavy atom. The van der Waals surface area contributed by atoms with E-state index in [1.54, 1.807) is 48.5 Å². The number of benzene rings is 4. The normalized spacial score (nSPS) is 13.3. The Labute approximate surface area is 310 Å². The molecule has 0 radical (unpaired) electrons. The molecule has 0 fully saturated rings. The van der Waals surface area contributed by atoms with Crippen LogP contribution in [0.3, 0.4) is 0 Å². The molecule has 278 valence electrons. The number of nitrogens with zero attached hydrogens (tertiary/aromatic N) is 1. The summed E-state index contributed by atoms with van der Waals surface area (Å²) in [5, 5.41) is 19.0. The molecule has 1 aliphatic carbocycles. The number of carbonyl (C=O) groups is 4. The highest BCUT2D eigenvalue weighted by Gasteiger charge is 2.18. The van der Waals surface area contributed by atoms with Crippen molar-refractivity contribution < 1.29 is 43.0 Å². The molecule has 14 heteroatoms. The van der Waals surface area contributed by atoms with Gasteiger partial charge in [0.2, 0.25) is 5.91 Å². The molecular weight excluding hydrogens is 696 g/mol. The number of anilines is 2. The number of rotatable bonds is 14. The number of hydrogen-bond donors (Lipinski definition) is 3. The number of nitrogens with one attached hydrogen (secondary N) is 3. The first-order valence-corrected chi connectivity index (χ1v) is 17.0. The lowest BCUT2D eigenvalue weighted by molar-refractivity contribution is -0.384. The van der Waals surface area contributed by atoms with Crippen molar-refractivity contribution in [3.63, 3.8) is 0 Å². The van der Waals surface area contributed by atoms with Crippen LogP contribution in [0.15, 0.2) is 127 Å². The molecule has 0 aromatic heterocycles. The van der Waals surface area contributed by atoms with Gasteiger partial charge in [0.1, 0.15) is 19.0 Å². The highest BCUT2D eigenvalue weighted by molar-refractivity contribution is 5.85. The average Bonchev–Trinajstić information content (AvgIpc) is 3.16. The lowest BCUT2D eigenvalue weighted by atomic mass is 9.91. The number of hydrogen-bond acceptors (Lipinski definition) is 10. The summed E-state index contributed by atoms with van der Waals surface area (Å²) >= 11 is 0. The van der Waals surface area contributed by atoms with E-state index in [2.05, 4.69) is 16.0 Å². The first-order chi connectivity index (χ1) is 26.1. The Kier molecular flexibility index (Phi) is 13.5. The number of nitro benzene ring substituents is 1. The van der Waals surface area contributed by atoms with Crippen LogP contribution in [-0.4, -0.2) is 35.8 Å². The molecule has 4 aromatic carbocycles. The number of carbonyl (C=O) groups excluding carboxylic acids is 4. The smallest absolute Gasteiger partial charge is 0.449 e. The molecule has 1 aliphatic rings. The molecule has 1 atom stereocenters. The molecule has 54 heavy (non-hydrogen) atoms. The Hall–Kier alpha value is -6.96. The van der Waals surface area contributed by atoms with Gasteiger partial charge in [0, 0.05) is 35.6 Å². The second kappa shape index (κ2) is 19.0. The summed E-state index contributed by atoms with van der Waals surface area (Å²) in [6, 6.07) is 27.8. The van der Waals surface area contributed by atoms with E-state index < -0.39 is 23.3 Å². The predicted octanol–water partition coefficient (Wildman–Crippen LogP) is 8.21. The van der Waals surface area contributed by atoms with Crippen LogP contribution in [0.1, 0.15) is 36.5 Å². The van der Waals surface area contributed by atoms with Crippen molar-refractivity contribution in [3.8, 4) is 5.75 Å². The van der Waals surface area contributed by atoms with Gasteiger partial charge >= 0.3 is 18.3 Å². The standard InChI is InChI=1S/C40H38N4O10/c1-27-23-29(11-20-36(27)43-37(45)24-28-5-3-2-4-6-28)21-22-51-38(46)41-32-12-7-30(8-13-32)25-52-39(47)42-33-14-9-31(10-15-33)26-53-40(48)54-35-18-16-34(17-19-35)44(49)50/h2-20,27H,21-26H2,1H3,(H,41,46)(H,42,47)(H,43,45). The van der Waals surface area contributed by atoms with Crippen molar-refractivity contribution in [1.29, 1.82) is 0 Å². The van der Waals surface area contributed by atoms with Crippen molar-refractivity contribution in [2.24, 2.45) is 5.92 Å². The van der Waals surface area contributed by atoms with Crippen molar-refractivity contribution in [3.05, 3.63) is 153 Å². The van der Waals surface area contributed by atoms with Crippen LogP contribution in [-0.2, 0) is 38.6 Å². The fraction of sp³-hybridized carbons (Fsp3) is 0.200. The van der Waals surface area contributed by atoms with Gasteiger partial charge in [-0.3, -0.25) is 25.5 Å². The molecule has 0 saturated carbocycles. The van der Waals surface area contributed by atoms with Crippen molar-refractivity contribution >= 4 is 41.3 Å². The van der Waals surface area contributed by atoms with Crippen LogP contribution < -0.4 is 20.7 Å². The summed E-state index contributed by atoms with van der Waals surface area (Å²) in [5.74, 6) is 0.176. The minimum atomic E-state index is -0.978. The Bertz CT molecular complexity index is 2000. The summed E-state index contributed by atoms with van der Waals surface area (Å²) in [4.78, 5) is 59.2. The van der Waals surface area contributed by atoms with Gasteiger partial charge in [0.15, 0.2) is 0 Å². The Balaban J connectivity index is 0.955. The molecule has 3 amide bonds. The third-order valence-electron chi connectivity index (χ3n) is 8.12. The van der Waals surface area contributed by atoms with Crippen LogP contribution in [0.5, 0.6) is 5.75 Å². The molecular formula is C40H38N4O10. The molecule has 1 unspecified atom stereocenters. The van der Waals surface area contributed by atoms with E-state index in [0.717, 1.165) is 23.3 Å². The quantitative estimate of drug-likeness (QED) is 0.0375. The average molecular weight is 735 g/mol. The Morgan fingerprint density at radius 3 is 1.89 bits per heavy atom. The van der Waals surface area contributed by atoms with Crippen LogP contribution in [0.25, 0.3) is 0 Å². The summed E-state index contributed by atoms with van der Waals surface area (Å²) < 4.78 is 20.7. The number of amides is 3. The van der Waals surface area contributed by atoms with Crippen molar-refractivity contribution in [2.75, 3.05) is 17.2 Å². The third-order valence-corrected chi connectivity index (χ3v) is 8.12. The molecule has 14 nitrogen and oxygen atoms in total. The van der Waals surface area contributed by atoms with E-state index in [0.29, 0.717) is 35.3 Å². The maximum Gasteiger partial charge on any atom is 0.514 e. The molecule has 5 rings (SSSR count). The van der Waals surface area contributed by atoms with Gasteiger partial charge in [-0.2, -0.15) is 0 Å². The zero-order chi connectivity index (χ0) is 38.3. The fourth-order valence-electron chi connectivity index (χ4n) is 5.28. The first kappa shape index (κ1) is 38.3. The predicted molar refractivity (Wildman–Crippen MR) is 198 cm³/mol. The van der Waals surface area contributed by atoms with Crippen LogP contribution >= 0.6 is 0 Å². The summed E-state index contributed by atoms with van der Waals surface area (Å²) in [6.45, 7) is 2.13. The molecule has 3 N–H and O–H groups in total. The SMILES string of the molecule is CC1CC(CCOC(=O)Nc2ccc(COC(=O)Nc3ccc(COC(=O)Oc4ccc([N+](=O)[O-])cc4)cc3)cc2)=CC=C1NC(=O)Cc1ccccc1. The van der Waals surface area contributed by atoms with E-state index in [1.807, 2.05) is 49.4 Å². The second-order valence-corrected chi connectivity index (χ2v) is 12.3. The first-order valence-electron chi connectivity index (χ1n) is 17.0. The largest absolute Gasteiger partial charge is 0.514 e. The topological polar surface area (TPSA) is 184 Å². The van der Waals surface area contributed by atoms with E-state index in [4.69, 9.17) is 18.9 Å².